The smallest absolute Gasteiger partial charge is 0.269 e. The fourth-order valence-corrected chi connectivity index (χ4v) is 1.73. The lowest BCUT2D eigenvalue weighted by molar-refractivity contribution is -0.384. The van der Waals surface area contributed by atoms with Gasteiger partial charge in [-0.15, -0.1) is 0 Å². The summed E-state index contributed by atoms with van der Waals surface area (Å²) in [6.07, 6.45) is 0. The van der Waals surface area contributed by atoms with Crippen LogP contribution in [0.3, 0.4) is 0 Å². The summed E-state index contributed by atoms with van der Waals surface area (Å²) in [5, 5.41) is 10.4. The molecule has 0 bridgehead atoms. The first-order valence-electron chi connectivity index (χ1n) is 4.17. The molecule has 1 rings (SSSR count). The highest BCUT2D eigenvalue weighted by Crippen LogP contribution is 2.18. The molecular formula is C9H9NO5S. The van der Waals surface area contributed by atoms with Crippen LogP contribution in [0.15, 0.2) is 30.8 Å². The van der Waals surface area contributed by atoms with Gasteiger partial charge in [0, 0.05) is 12.1 Å². The predicted molar refractivity (Wildman–Crippen MR) is 58.5 cm³/mol. The molecule has 0 saturated carbocycles. The van der Waals surface area contributed by atoms with Crippen molar-refractivity contribution < 1.29 is 17.9 Å². The van der Waals surface area contributed by atoms with E-state index in [0.717, 1.165) is 0 Å². The molecule has 0 aliphatic rings. The van der Waals surface area contributed by atoms with Crippen LogP contribution in [0.25, 0.3) is 5.57 Å². The molecule has 0 heterocycles. The van der Waals surface area contributed by atoms with E-state index >= 15 is 0 Å². The van der Waals surface area contributed by atoms with E-state index in [1.54, 1.807) is 0 Å². The van der Waals surface area contributed by atoms with Crippen LogP contribution in [0, 0.1) is 10.1 Å². The summed E-state index contributed by atoms with van der Waals surface area (Å²) < 4.78 is 29.7. The zero-order valence-electron chi connectivity index (χ0n) is 8.16. The van der Waals surface area contributed by atoms with Crippen molar-refractivity contribution in [3.8, 4) is 0 Å². The fraction of sp³-hybridized carbons (Fsp3) is 0.111. The first-order chi connectivity index (χ1) is 7.29. The average molecular weight is 243 g/mol. The van der Waals surface area contributed by atoms with Gasteiger partial charge in [-0.1, -0.05) is 6.58 Å². The lowest BCUT2D eigenvalue weighted by atomic mass is 10.1. The van der Waals surface area contributed by atoms with E-state index in [4.69, 9.17) is 4.55 Å². The van der Waals surface area contributed by atoms with E-state index in [9.17, 15) is 18.5 Å². The lowest BCUT2D eigenvalue weighted by Gasteiger charge is -2.02. The zero-order valence-corrected chi connectivity index (χ0v) is 8.98. The maximum atomic E-state index is 10.6. The Hall–Kier alpha value is -1.73. The van der Waals surface area contributed by atoms with Gasteiger partial charge < -0.3 is 0 Å². The summed E-state index contributed by atoms with van der Waals surface area (Å²) in [6, 6.07) is 5.24. The largest absolute Gasteiger partial charge is 0.285 e. The van der Waals surface area contributed by atoms with Crippen molar-refractivity contribution in [2.45, 2.75) is 0 Å². The monoisotopic (exact) mass is 243 g/mol. The van der Waals surface area contributed by atoms with E-state index in [0.29, 0.717) is 5.56 Å². The number of nitro benzene ring substituents is 1. The van der Waals surface area contributed by atoms with Gasteiger partial charge in [0.2, 0.25) is 0 Å². The quantitative estimate of drug-likeness (QED) is 0.491. The van der Waals surface area contributed by atoms with E-state index in [-0.39, 0.29) is 11.3 Å². The van der Waals surface area contributed by atoms with Gasteiger partial charge in [-0.25, -0.2) is 0 Å². The number of hydrogen-bond donors (Lipinski definition) is 1. The van der Waals surface area contributed by atoms with Gasteiger partial charge in [0.25, 0.3) is 15.8 Å². The van der Waals surface area contributed by atoms with Crippen LogP contribution < -0.4 is 0 Å². The van der Waals surface area contributed by atoms with E-state index in [1.807, 2.05) is 0 Å². The normalized spacial score (nSPS) is 11.1. The molecule has 0 fully saturated rings. The average Bonchev–Trinajstić information content (AvgIpc) is 2.15. The molecule has 6 nitrogen and oxygen atoms in total. The van der Waals surface area contributed by atoms with Gasteiger partial charge in [-0.05, 0) is 23.3 Å². The van der Waals surface area contributed by atoms with Crippen LogP contribution in [0.5, 0.6) is 0 Å². The summed E-state index contributed by atoms with van der Waals surface area (Å²) >= 11 is 0. The third kappa shape index (κ3) is 3.44. The summed E-state index contributed by atoms with van der Waals surface area (Å²) in [5.74, 6) is -0.592. The lowest BCUT2D eigenvalue weighted by Crippen LogP contribution is -2.05. The molecule has 0 unspecified atom stereocenters. The zero-order chi connectivity index (χ0) is 12.3. The third-order valence-corrected chi connectivity index (χ3v) is 2.56. The first-order valence-corrected chi connectivity index (χ1v) is 5.78. The molecule has 0 radical (unpaired) electrons. The van der Waals surface area contributed by atoms with Crippen molar-refractivity contribution in [1.82, 2.24) is 0 Å². The molecule has 0 spiro atoms. The van der Waals surface area contributed by atoms with E-state index in [1.165, 1.54) is 24.3 Å². The third-order valence-electron chi connectivity index (χ3n) is 1.84. The number of rotatable bonds is 4. The van der Waals surface area contributed by atoms with Crippen molar-refractivity contribution in [3.05, 3.63) is 46.5 Å². The summed E-state index contributed by atoms with van der Waals surface area (Å²) in [5.41, 5.74) is 0.518. The second-order valence-corrected chi connectivity index (χ2v) is 4.59. The molecule has 7 heteroatoms. The number of nitrogens with zero attached hydrogens (tertiary/aromatic N) is 1. The number of benzene rings is 1. The molecule has 1 aromatic rings. The van der Waals surface area contributed by atoms with Crippen LogP contribution in [-0.2, 0) is 10.1 Å². The second kappa shape index (κ2) is 4.42. The molecule has 86 valence electrons. The predicted octanol–water partition coefficient (Wildman–Crippen LogP) is 1.50. The Morgan fingerprint density at radius 3 is 2.25 bits per heavy atom. The first kappa shape index (κ1) is 12.3. The van der Waals surface area contributed by atoms with E-state index in [2.05, 4.69) is 6.58 Å². The summed E-state index contributed by atoms with van der Waals surface area (Å²) in [4.78, 5) is 9.80. The van der Waals surface area contributed by atoms with Gasteiger partial charge >= 0.3 is 0 Å². The van der Waals surface area contributed by atoms with Gasteiger partial charge in [0.05, 0.1) is 4.92 Å². The molecular weight excluding hydrogens is 234 g/mol. The molecule has 0 aromatic heterocycles. The Morgan fingerprint density at radius 1 is 1.38 bits per heavy atom. The van der Waals surface area contributed by atoms with Crippen LogP contribution in [0.1, 0.15) is 5.56 Å². The van der Waals surface area contributed by atoms with Crippen molar-refractivity contribution in [1.29, 1.82) is 0 Å². The van der Waals surface area contributed by atoms with Crippen molar-refractivity contribution >= 4 is 21.4 Å². The van der Waals surface area contributed by atoms with Crippen molar-refractivity contribution in [2.24, 2.45) is 0 Å². The standard InChI is InChI=1S/C9H9NO5S/c1-7(6-16(13,14)15)8-2-4-9(5-3-8)10(11)12/h2-5H,1,6H2,(H,13,14,15). The fourth-order valence-electron chi connectivity index (χ4n) is 1.12. The van der Waals surface area contributed by atoms with Crippen molar-refractivity contribution in [2.75, 3.05) is 5.75 Å². The Morgan fingerprint density at radius 2 is 1.88 bits per heavy atom. The maximum absolute atomic E-state index is 10.6. The Labute approximate surface area is 92.1 Å². The number of nitro groups is 1. The minimum Gasteiger partial charge on any atom is -0.285 e. The summed E-state index contributed by atoms with van der Waals surface area (Å²) in [6.45, 7) is 3.48. The summed E-state index contributed by atoms with van der Waals surface area (Å²) in [7, 11) is -4.13. The molecule has 1 aromatic carbocycles. The van der Waals surface area contributed by atoms with E-state index < -0.39 is 20.8 Å². The second-order valence-electron chi connectivity index (χ2n) is 3.13. The molecule has 16 heavy (non-hydrogen) atoms. The van der Waals surface area contributed by atoms with Crippen LogP contribution >= 0.6 is 0 Å². The molecule has 0 atom stereocenters. The Bertz CT molecular complexity index is 517. The van der Waals surface area contributed by atoms with Gasteiger partial charge in [0.1, 0.15) is 5.75 Å². The van der Waals surface area contributed by atoms with Gasteiger partial charge in [-0.2, -0.15) is 8.42 Å². The number of non-ortho nitro benzene ring substituents is 1. The molecule has 0 amide bonds. The molecule has 0 saturated heterocycles. The maximum Gasteiger partial charge on any atom is 0.269 e. The minimum atomic E-state index is -4.13. The van der Waals surface area contributed by atoms with Gasteiger partial charge in [-0.3, -0.25) is 14.7 Å². The van der Waals surface area contributed by atoms with Crippen molar-refractivity contribution in [3.63, 3.8) is 0 Å². The highest BCUT2D eigenvalue weighted by Gasteiger charge is 2.11. The molecule has 0 aliphatic carbocycles. The van der Waals surface area contributed by atoms with Crippen LogP contribution in [-0.4, -0.2) is 23.6 Å². The Balaban J connectivity index is 2.90. The molecule has 0 aliphatic heterocycles. The number of hydrogen-bond acceptors (Lipinski definition) is 4. The van der Waals surface area contributed by atoms with Gasteiger partial charge in [0.15, 0.2) is 0 Å². The SMILES string of the molecule is C=C(CS(=O)(=O)O)c1ccc([N+](=O)[O-])cc1. The van der Waals surface area contributed by atoms with Crippen LogP contribution in [0.2, 0.25) is 0 Å². The minimum absolute atomic E-state index is 0.0941. The van der Waals surface area contributed by atoms with Crippen LogP contribution in [0.4, 0.5) is 5.69 Å². The highest BCUT2D eigenvalue weighted by molar-refractivity contribution is 7.86. The highest BCUT2D eigenvalue weighted by atomic mass is 32.2. The Kier molecular flexibility index (Phi) is 3.41. The molecule has 1 N–H and O–H groups in total. The topological polar surface area (TPSA) is 97.5 Å².